The zero-order valence-electron chi connectivity index (χ0n) is 12.2. The number of benzene rings is 1. The summed E-state index contributed by atoms with van der Waals surface area (Å²) in [6.07, 6.45) is 0. The Morgan fingerprint density at radius 1 is 1.14 bits per heavy atom. The standard InChI is InChI=1S/C16H16IN3S/c1-10-4-6-12-14(8-10)21-16(19-12)11-5-7-15(20(2)3)18-13(11)9-17/h4-8H,9H2,1-3H3. The molecule has 5 heteroatoms. The summed E-state index contributed by atoms with van der Waals surface area (Å²) in [7, 11) is 4.03. The predicted molar refractivity (Wildman–Crippen MR) is 99.6 cm³/mol. The van der Waals surface area contributed by atoms with Crippen LogP contribution in [0.15, 0.2) is 30.3 Å². The van der Waals surface area contributed by atoms with E-state index in [1.54, 1.807) is 11.3 Å². The minimum absolute atomic E-state index is 0.879. The van der Waals surface area contributed by atoms with Gasteiger partial charge >= 0.3 is 0 Å². The van der Waals surface area contributed by atoms with Gasteiger partial charge in [-0.05, 0) is 36.8 Å². The van der Waals surface area contributed by atoms with Crippen LogP contribution in [0.3, 0.4) is 0 Å². The topological polar surface area (TPSA) is 29.0 Å². The lowest BCUT2D eigenvalue weighted by Crippen LogP contribution is -2.11. The van der Waals surface area contributed by atoms with Gasteiger partial charge in [-0.1, -0.05) is 28.7 Å². The monoisotopic (exact) mass is 409 g/mol. The second-order valence-corrected chi connectivity index (χ2v) is 6.98. The van der Waals surface area contributed by atoms with Gasteiger partial charge < -0.3 is 4.90 Å². The van der Waals surface area contributed by atoms with E-state index in [4.69, 9.17) is 9.97 Å². The Kier molecular flexibility index (Phi) is 4.12. The maximum Gasteiger partial charge on any atom is 0.128 e. The summed E-state index contributed by atoms with van der Waals surface area (Å²) in [6, 6.07) is 10.6. The Bertz CT molecular complexity index is 795. The molecule has 0 aliphatic heterocycles. The Hall–Kier alpha value is -1.21. The first-order valence-electron chi connectivity index (χ1n) is 6.69. The minimum atomic E-state index is 0.879. The van der Waals surface area contributed by atoms with Gasteiger partial charge in [0.1, 0.15) is 10.8 Å². The fraction of sp³-hybridized carbons (Fsp3) is 0.250. The van der Waals surface area contributed by atoms with Crippen LogP contribution in [-0.2, 0) is 4.43 Å². The highest BCUT2D eigenvalue weighted by molar-refractivity contribution is 14.1. The molecule has 0 saturated carbocycles. The number of hydrogen-bond donors (Lipinski definition) is 0. The number of nitrogens with zero attached hydrogens (tertiary/aromatic N) is 3. The molecule has 0 radical (unpaired) electrons. The van der Waals surface area contributed by atoms with Crippen LogP contribution in [0.5, 0.6) is 0 Å². The molecule has 1 aromatic carbocycles. The number of thiazole rings is 1. The minimum Gasteiger partial charge on any atom is -0.363 e. The maximum absolute atomic E-state index is 4.77. The lowest BCUT2D eigenvalue weighted by atomic mass is 10.2. The van der Waals surface area contributed by atoms with Crippen LogP contribution in [0.1, 0.15) is 11.3 Å². The van der Waals surface area contributed by atoms with Crippen LogP contribution in [-0.4, -0.2) is 24.1 Å². The molecule has 0 amide bonds. The lowest BCUT2D eigenvalue weighted by Gasteiger charge is -2.13. The van der Waals surface area contributed by atoms with Gasteiger partial charge in [-0.2, -0.15) is 0 Å². The fourth-order valence-corrected chi connectivity index (χ4v) is 3.88. The number of aromatic nitrogens is 2. The lowest BCUT2D eigenvalue weighted by molar-refractivity contribution is 1.04. The number of alkyl halides is 1. The molecule has 0 bridgehead atoms. The van der Waals surface area contributed by atoms with Gasteiger partial charge in [-0.15, -0.1) is 11.3 Å². The SMILES string of the molecule is Cc1ccc2nc(-c3ccc(N(C)C)nc3CI)sc2c1. The van der Waals surface area contributed by atoms with E-state index < -0.39 is 0 Å². The highest BCUT2D eigenvalue weighted by Crippen LogP contribution is 2.33. The van der Waals surface area contributed by atoms with Gasteiger partial charge in [0, 0.05) is 24.1 Å². The smallest absolute Gasteiger partial charge is 0.128 e. The molecular weight excluding hydrogens is 393 g/mol. The highest BCUT2D eigenvalue weighted by atomic mass is 127. The molecule has 0 N–H and O–H groups in total. The van der Waals surface area contributed by atoms with Crippen LogP contribution in [0, 0.1) is 6.92 Å². The normalized spacial score (nSPS) is 11.0. The van der Waals surface area contributed by atoms with E-state index in [-0.39, 0.29) is 0 Å². The molecule has 21 heavy (non-hydrogen) atoms. The summed E-state index contributed by atoms with van der Waals surface area (Å²) in [5.41, 5.74) is 4.58. The number of fused-ring (bicyclic) bond motifs is 1. The van der Waals surface area contributed by atoms with Crippen molar-refractivity contribution >= 4 is 50.0 Å². The number of anilines is 1. The van der Waals surface area contributed by atoms with Gasteiger partial charge in [-0.3, -0.25) is 0 Å². The molecule has 0 unspecified atom stereocenters. The van der Waals surface area contributed by atoms with Crippen LogP contribution in [0.4, 0.5) is 5.82 Å². The number of halogens is 1. The van der Waals surface area contributed by atoms with E-state index in [0.29, 0.717) is 0 Å². The summed E-state index contributed by atoms with van der Waals surface area (Å²) in [5, 5.41) is 1.06. The zero-order chi connectivity index (χ0) is 15.0. The molecule has 0 aliphatic rings. The zero-order valence-corrected chi connectivity index (χ0v) is 15.2. The van der Waals surface area contributed by atoms with Gasteiger partial charge in [-0.25, -0.2) is 9.97 Å². The van der Waals surface area contributed by atoms with E-state index in [2.05, 4.69) is 59.8 Å². The van der Waals surface area contributed by atoms with Crippen LogP contribution in [0.2, 0.25) is 0 Å². The second kappa shape index (κ2) is 5.88. The van der Waals surface area contributed by atoms with Crippen LogP contribution in [0.25, 0.3) is 20.8 Å². The molecule has 2 aromatic heterocycles. The first-order chi connectivity index (χ1) is 10.1. The quantitative estimate of drug-likeness (QED) is 0.465. The van der Waals surface area contributed by atoms with Crippen molar-refractivity contribution in [2.45, 2.75) is 11.4 Å². The second-order valence-electron chi connectivity index (χ2n) is 5.18. The van der Waals surface area contributed by atoms with E-state index in [9.17, 15) is 0 Å². The first kappa shape index (κ1) is 14.7. The highest BCUT2D eigenvalue weighted by Gasteiger charge is 2.12. The van der Waals surface area contributed by atoms with E-state index in [0.717, 1.165) is 32.0 Å². The number of aryl methyl sites for hydroxylation is 1. The van der Waals surface area contributed by atoms with Crippen molar-refractivity contribution in [3.63, 3.8) is 0 Å². The summed E-state index contributed by atoms with van der Waals surface area (Å²) in [6.45, 7) is 2.11. The molecule has 0 atom stereocenters. The maximum atomic E-state index is 4.77. The van der Waals surface area contributed by atoms with Crippen molar-refractivity contribution in [1.82, 2.24) is 9.97 Å². The molecule has 0 fully saturated rings. The van der Waals surface area contributed by atoms with Crippen molar-refractivity contribution < 1.29 is 0 Å². The van der Waals surface area contributed by atoms with Crippen molar-refractivity contribution in [3.05, 3.63) is 41.6 Å². The van der Waals surface area contributed by atoms with Crippen molar-refractivity contribution in [2.75, 3.05) is 19.0 Å². The average molecular weight is 409 g/mol. The Balaban J connectivity index is 2.13. The summed E-state index contributed by atoms with van der Waals surface area (Å²) < 4.78 is 2.12. The average Bonchev–Trinajstić information content (AvgIpc) is 2.89. The van der Waals surface area contributed by atoms with Gasteiger partial charge in [0.05, 0.1) is 15.9 Å². The van der Waals surface area contributed by atoms with E-state index in [1.165, 1.54) is 10.3 Å². The molecule has 3 rings (SSSR count). The number of hydrogen-bond acceptors (Lipinski definition) is 4. The third kappa shape index (κ3) is 2.89. The van der Waals surface area contributed by atoms with Crippen LogP contribution < -0.4 is 4.90 Å². The molecular formula is C16H16IN3S. The fourth-order valence-electron chi connectivity index (χ4n) is 2.18. The van der Waals surface area contributed by atoms with Gasteiger partial charge in [0.25, 0.3) is 0 Å². The molecule has 0 saturated heterocycles. The predicted octanol–water partition coefficient (Wildman–Crippen LogP) is 4.67. The third-order valence-corrected chi connectivity index (χ3v) is 5.09. The Morgan fingerprint density at radius 3 is 2.67 bits per heavy atom. The number of rotatable bonds is 3. The Labute approximate surface area is 142 Å². The van der Waals surface area contributed by atoms with E-state index in [1.807, 2.05) is 19.0 Å². The van der Waals surface area contributed by atoms with Gasteiger partial charge in [0.2, 0.25) is 0 Å². The van der Waals surface area contributed by atoms with Crippen molar-refractivity contribution in [2.24, 2.45) is 0 Å². The largest absolute Gasteiger partial charge is 0.363 e. The molecule has 3 nitrogen and oxygen atoms in total. The number of pyridine rings is 1. The Morgan fingerprint density at radius 2 is 1.95 bits per heavy atom. The van der Waals surface area contributed by atoms with Crippen molar-refractivity contribution in [3.8, 4) is 10.6 Å². The summed E-state index contributed by atoms with van der Waals surface area (Å²) in [5.74, 6) is 0.988. The van der Waals surface area contributed by atoms with Gasteiger partial charge in [0.15, 0.2) is 0 Å². The van der Waals surface area contributed by atoms with E-state index >= 15 is 0 Å². The summed E-state index contributed by atoms with van der Waals surface area (Å²) in [4.78, 5) is 11.5. The molecule has 0 aliphatic carbocycles. The molecule has 0 spiro atoms. The molecule has 2 heterocycles. The van der Waals surface area contributed by atoms with Crippen molar-refractivity contribution in [1.29, 1.82) is 0 Å². The molecule has 3 aromatic rings. The third-order valence-electron chi connectivity index (χ3n) is 3.32. The first-order valence-corrected chi connectivity index (χ1v) is 9.03. The van der Waals surface area contributed by atoms with Crippen LogP contribution >= 0.6 is 33.9 Å². The molecule has 108 valence electrons. The summed E-state index contributed by atoms with van der Waals surface area (Å²) >= 11 is 4.11.